The van der Waals surface area contributed by atoms with Crippen molar-refractivity contribution in [1.82, 2.24) is 0 Å². The maximum absolute atomic E-state index is 12.2. The first-order chi connectivity index (χ1) is 8.42. The van der Waals surface area contributed by atoms with Gasteiger partial charge in [-0.1, -0.05) is 13.3 Å². The molecule has 0 aliphatic carbocycles. The van der Waals surface area contributed by atoms with E-state index in [-0.39, 0.29) is 5.91 Å². The summed E-state index contributed by atoms with van der Waals surface area (Å²) in [5.74, 6) is -0.117. The molecule has 1 aromatic carbocycles. The Kier molecular flexibility index (Phi) is 4.46. The van der Waals surface area contributed by atoms with Crippen LogP contribution < -0.4 is 10.6 Å². The van der Waals surface area contributed by atoms with Crippen LogP contribution in [0.3, 0.4) is 0 Å². The first-order valence-corrected chi connectivity index (χ1v) is 5.99. The molecule has 0 spiro atoms. The lowest BCUT2D eigenvalue weighted by Crippen LogP contribution is -2.52. The van der Waals surface area contributed by atoms with E-state index in [0.29, 0.717) is 12.0 Å². The van der Waals surface area contributed by atoms with Crippen LogP contribution in [0.1, 0.15) is 32.3 Å². The van der Waals surface area contributed by atoms with Crippen LogP contribution in [-0.4, -0.2) is 18.5 Å². The smallest absolute Gasteiger partial charge is 0.246 e. The molecule has 1 unspecified atom stereocenters. The third-order valence-electron chi connectivity index (χ3n) is 2.95. The van der Waals surface area contributed by atoms with Crippen LogP contribution in [0, 0.1) is 11.3 Å². The Balaban J connectivity index is 2.89. The van der Waals surface area contributed by atoms with Gasteiger partial charge in [-0.05, 0) is 37.6 Å². The summed E-state index contributed by atoms with van der Waals surface area (Å²) in [6, 6.07) is 8.92. The normalized spacial score (nSPS) is 13.5. The number of benzene rings is 1. The standard InChI is InChI=1S/C14H19N3O/c1-4-9-14(2,16)13(18)17(3)12-7-5-11(10-15)6-8-12/h5-8H,4,9,16H2,1-3H3. The van der Waals surface area contributed by atoms with Crippen LogP contribution >= 0.6 is 0 Å². The van der Waals surface area contributed by atoms with Gasteiger partial charge in [0.1, 0.15) is 0 Å². The SMILES string of the molecule is CCCC(C)(N)C(=O)N(C)c1ccc(C#N)cc1. The number of hydrogen-bond donors (Lipinski definition) is 1. The van der Waals surface area contributed by atoms with Crippen LogP contribution in [0.2, 0.25) is 0 Å². The van der Waals surface area contributed by atoms with Crippen molar-refractivity contribution < 1.29 is 4.79 Å². The van der Waals surface area contributed by atoms with Crippen molar-refractivity contribution in [3.05, 3.63) is 29.8 Å². The number of hydrogen-bond acceptors (Lipinski definition) is 3. The lowest BCUT2D eigenvalue weighted by Gasteiger charge is -2.29. The van der Waals surface area contributed by atoms with Crippen molar-refractivity contribution in [2.75, 3.05) is 11.9 Å². The first kappa shape index (κ1) is 14.2. The van der Waals surface area contributed by atoms with Crippen LogP contribution in [-0.2, 0) is 4.79 Å². The topological polar surface area (TPSA) is 70.1 Å². The van der Waals surface area contributed by atoms with Crippen molar-refractivity contribution in [1.29, 1.82) is 5.26 Å². The van der Waals surface area contributed by atoms with E-state index in [4.69, 9.17) is 11.0 Å². The third-order valence-corrected chi connectivity index (χ3v) is 2.95. The van der Waals surface area contributed by atoms with Crippen LogP contribution in [0.4, 0.5) is 5.69 Å². The minimum Gasteiger partial charge on any atom is -0.318 e. The van der Waals surface area contributed by atoms with E-state index >= 15 is 0 Å². The minimum absolute atomic E-state index is 0.117. The van der Waals surface area contributed by atoms with E-state index in [1.165, 1.54) is 4.90 Å². The number of amides is 1. The third kappa shape index (κ3) is 3.08. The molecule has 4 nitrogen and oxygen atoms in total. The van der Waals surface area contributed by atoms with Crippen molar-refractivity contribution in [3.8, 4) is 6.07 Å². The second-order valence-corrected chi connectivity index (χ2v) is 4.69. The molecule has 0 fully saturated rings. The van der Waals surface area contributed by atoms with Crippen molar-refractivity contribution in [2.24, 2.45) is 5.73 Å². The van der Waals surface area contributed by atoms with Crippen molar-refractivity contribution >= 4 is 11.6 Å². The Hall–Kier alpha value is -1.86. The van der Waals surface area contributed by atoms with Crippen LogP contribution in [0.15, 0.2) is 24.3 Å². The predicted octanol–water partition coefficient (Wildman–Crippen LogP) is 2.04. The molecule has 1 aromatic rings. The van der Waals surface area contributed by atoms with Crippen molar-refractivity contribution in [3.63, 3.8) is 0 Å². The number of carbonyl (C=O) groups excluding carboxylic acids is 1. The van der Waals surface area contributed by atoms with E-state index in [1.54, 1.807) is 38.2 Å². The average molecular weight is 245 g/mol. The summed E-state index contributed by atoms with van der Waals surface area (Å²) in [7, 11) is 1.70. The molecule has 0 saturated heterocycles. The molecule has 2 N–H and O–H groups in total. The van der Waals surface area contributed by atoms with Gasteiger partial charge in [0.15, 0.2) is 0 Å². The highest BCUT2D eigenvalue weighted by atomic mass is 16.2. The van der Waals surface area contributed by atoms with Crippen molar-refractivity contribution in [2.45, 2.75) is 32.2 Å². The average Bonchev–Trinajstić information content (AvgIpc) is 2.37. The number of nitrogens with zero attached hydrogens (tertiary/aromatic N) is 2. The number of nitrogens with two attached hydrogens (primary N) is 1. The fraction of sp³-hybridized carbons (Fsp3) is 0.429. The van der Waals surface area contributed by atoms with E-state index in [9.17, 15) is 4.79 Å². The Morgan fingerprint density at radius 3 is 2.44 bits per heavy atom. The predicted molar refractivity (Wildman–Crippen MR) is 72.1 cm³/mol. The summed E-state index contributed by atoms with van der Waals surface area (Å²) in [5, 5.41) is 8.72. The molecule has 0 radical (unpaired) electrons. The molecule has 1 rings (SSSR count). The zero-order valence-corrected chi connectivity index (χ0v) is 11.1. The van der Waals surface area contributed by atoms with E-state index in [2.05, 4.69) is 0 Å². The highest BCUT2D eigenvalue weighted by Gasteiger charge is 2.30. The summed E-state index contributed by atoms with van der Waals surface area (Å²) in [6.07, 6.45) is 1.51. The Morgan fingerprint density at radius 1 is 1.44 bits per heavy atom. The van der Waals surface area contributed by atoms with Gasteiger partial charge < -0.3 is 10.6 Å². The van der Waals surface area contributed by atoms with Gasteiger partial charge in [0.25, 0.3) is 0 Å². The van der Waals surface area contributed by atoms with Crippen LogP contribution in [0.5, 0.6) is 0 Å². The Labute approximate surface area is 108 Å². The highest BCUT2D eigenvalue weighted by Crippen LogP contribution is 2.19. The zero-order valence-electron chi connectivity index (χ0n) is 11.1. The van der Waals surface area contributed by atoms with Gasteiger partial charge in [-0.15, -0.1) is 0 Å². The quantitative estimate of drug-likeness (QED) is 0.882. The molecule has 18 heavy (non-hydrogen) atoms. The number of carbonyl (C=O) groups is 1. The number of nitriles is 1. The monoisotopic (exact) mass is 245 g/mol. The molecule has 0 aromatic heterocycles. The second kappa shape index (κ2) is 5.65. The summed E-state index contributed by atoms with van der Waals surface area (Å²) < 4.78 is 0. The van der Waals surface area contributed by atoms with Gasteiger partial charge in [0.05, 0.1) is 17.2 Å². The van der Waals surface area contributed by atoms with Crippen LogP contribution in [0.25, 0.3) is 0 Å². The van der Waals surface area contributed by atoms with Gasteiger partial charge in [-0.2, -0.15) is 5.26 Å². The number of anilines is 1. The molecule has 1 amide bonds. The molecule has 0 saturated carbocycles. The maximum Gasteiger partial charge on any atom is 0.246 e. The summed E-state index contributed by atoms with van der Waals surface area (Å²) in [6.45, 7) is 3.75. The molecule has 0 aliphatic rings. The summed E-state index contributed by atoms with van der Waals surface area (Å²) in [4.78, 5) is 13.8. The van der Waals surface area contributed by atoms with Gasteiger partial charge in [0, 0.05) is 12.7 Å². The molecular weight excluding hydrogens is 226 g/mol. The molecule has 0 aliphatic heterocycles. The molecule has 4 heteroatoms. The lowest BCUT2D eigenvalue weighted by atomic mass is 9.95. The molecule has 96 valence electrons. The largest absolute Gasteiger partial charge is 0.318 e. The fourth-order valence-corrected chi connectivity index (χ4v) is 1.89. The summed E-state index contributed by atoms with van der Waals surface area (Å²) in [5.41, 5.74) is 6.49. The van der Waals surface area contributed by atoms with E-state index in [1.807, 2.05) is 13.0 Å². The molecule has 1 atom stereocenters. The van der Waals surface area contributed by atoms with E-state index < -0.39 is 5.54 Å². The molecular formula is C14H19N3O. The van der Waals surface area contributed by atoms with Gasteiger partial charge in [-0.25, -0.2) is 0 Å². The Bertz CT molecular complexity index is 457. The Morgan fingerprint density at radius 2 is 2.00 bits per heavy atom. The van der Waals surface area contributed by atoms with Gasteiger partial charge >= 0.3 is 0 Å². The zero-order chi connectivity index (χ0) is 13.8. The van der Waals surface area contributed by atoms with E-state index in [0.717, 1.165) is 12.1 Å². The maximum atomic E-state index is 12.2. The molecule has 0 bridgehead atoms. The highest BCUT2D eigenvalue weighted by molar-refractivity contribution is 5.99. The second-order valence-electron chi connectivity index (χ2n) is 4.69. The number of likely N-dealkylation sites (N-methyl/N-ethyl adjacent to an activating group) is 1. The number of rotatable bonds is 4. The molecule has 0 heterocycles. The minimum atomic E-state index is -0.850. The lowest BCUT2D eigenvalue weighted by molar-refractivity contribution is -0.123. The van der Waals surface area contributed by atoms with Gasteiger partial charge in [-0.3, -0.25) is 4.79 Å². The fourth-order valence-electron chi connectivity index (χ4n) is 1.89. The summed E-state index contributed by atoms with van der Waals surface area (Å²) >= 11 is 0. The first-order valence-electron chi connectivity index (χ1n) is 5.99. The van der Waals surface area contributed by atoms with Gasteiger partial charge in [0.2, 0.25) is 5.91 Å².